The van der Waals surface area contributed by atoms with Gasteiger partial charge in [0.25, 0.3) is 0 Å². The number of phenols is 1. The second-order valence-corrected chi connectivity index (χ2v) is 7.69. The molecule has 0 saturated carbocycles. The summed E-state index contributed by atoms with van der Waals surface area (Å²) < 4.78 is 0. The van der Waals surface area contributed by atoms with Gasteiger partial charge in [0, 0.05) is 31.9 Å². The fourth-order valence-corrected chi connectivity index (χ4v) is 3.84. The van der Waals surface area contributed by atoms with Crippen LogP contribution in [0.3, 0.4) is 0 Å². The highest BCUT2D eigenvalue weighted by molar-refractivity contribution is 6.40. The van der Waals surface area contributed by atoms with Crippen molar-refractivity contribution in [3.05, 3.63) is 59.1 Å². The monoisotopic (exact) mass is 440 g/mol. The van der Waals surface area contributed by atoms with Crippen molar-refractivity contribution in [1.29, 1.82) is 0 Å². The van der Waals surface area contributed by atoms with Crippen LogP contribution < -0.4 is 15.5 Å². The lowest BCUT2D eigenvalue weighted by Gasteiger charge is -2.26. The van der Waals surface area contributed by atoms with E-state index in [9.17, 15) is 19.5 Å². The van der Waals surface area contributed by atoms with Gasteiger partial charge in [-0.2, -0.15) is 0 Å². The summed E-state index contributed by atoms with van der Waals surface area (Å²) in [6, 6.07) is 11.4. The van der Waals surface area contributed by atoms with Crippen LogP contribution in [0.15, 0.2) is 48.5 Å². The molecule has 0 aliphatic carbocycles. The number of nitrogens with one attached hydrogen (secondary N) is 2. The fourth-order valence-electron chi connectivity index (χ4n) is 3.62. The first-order valence-corrected chi connectivity index (χ1v) is 10.2. The third kappa shape index (κ3) is 4.49. The second kappa shape index (κ2) is 8.69. The number of urea groups is 1. The summed E-state index contributed by atoms with van der Waals surface area (Å²) in [5.41, 5.74) is 2.90. The van der Waals surface area contributed by atoms with Crippen molar-refractivity contribution in [1.82, 2.24) is 10.2 Å². The number of phenolic OH excluding ortho intramolecular Hbond substituents is 1. The Morgan fingerprint density at radius 1 is 1.10 bits per heavy atom. The van der Waals surface area contributed by atoms with Crippen LogP contribution in [-0.2, 0) is 9.59 Å². The zero-order chi connectivity index (χ0) is 22.0. The van der Waals surface area contributed by atoms with E-state index in [0.717, 1.165) is 11.1 Å². The molecule has 8 nitrogen and oxygen atoms in total. The van der Waals surface area contributed by atoms with Gasteiger partial charge in [-0.15, -0.1) is 0 Å². The Balaban J connectivity index is 1.41. The highest BCUT2D eigenvalue weighted by Crippen LogP contribution is 2.30. The SMILES string of the molecule is O=C(Nc1ccc(Cl)c(N2CCNC2=O)c1)C(=O)N1CC=C(c2ccc(O)cc2)CC1. The molecule has 0 spiro atoms. The zero-order valence-corrected chi connectivity index (χ0v) is 17.4. The van der Waals surface area contributed by atoms with Gasteiger partial charge in [0.1, 0.15) is 5.75 Å². The second-order valence-electron chi connectivity index (χ2n) is 7.28. The summed E-state index contributed by atoms with van der Waals surface area (Å²) in [4.78, 5) is 40.0. The topological polar surface area (TPSA) is 102 Å². The Morgan fingerprint density at radius 2 is 1.87 bits per heavy atom. The molecule has 2 aromatic carbocycles. The molecule has 9 heteroatoms. The molecule has 2 aliphatic rings. The molecule has 1 saturated heterocycles. The maximum Gasteiger partial charge on any atom is 0.322 e. The maximum atomic E-state index is 12.6. The molecule has 31 heavy (non-hydrogen) atoms. The van der Waals surface area contributed by atoms with Crippen molar-refractivity contribution in [2.45, 2.75) is 6.42 Å². The number of nitrogens with zero attached hydrogens (tertiary/aromatic N) is 2. The average molecular weight is 441 g/mol. The number of carbonyl (C=O) groups is 3. The van der Waals surface area contributed by atoms with Crippen molar-refractivity contribution in [2.75, 3.05) is 36.4 Å². The first kappa shape index (κ1) is 20.7. The quantitative estimate of drug-likeness (QED) is 0.638. The molecule has 0 bridgehead atoms. The highest BCUT2D eigenvalue weighted by Gasteiger charge is 2.26. The number of carbonyl (C=O) groups excluding carboxylic acids is 3. The summed E-state index contributed by atoms with van der Waals surface area (Å²) in [5.74, 6) is -1.18. The van der Waals surface area contributed by atoms with Crippen LogP contribution in [-0.4, -0.2) is 54.0 Å². The Bertz CT molecular complexity index is 1070. The smallest absolute Gasteiger partial charge is 0.322 e. The molecule has 2 aliphatic heterocycles. The Labute approximate surface area is 184 Å². The van der Waals surface area contributed by atoms with Crippen molar-refractivity contribution >= 4 is 46.4 Å². The number of amides is 4. The van der Waals surface area contributed by atoms with E-state index in [1.165, 1.54) is 9.80 Å². The molecule has 3 N–H and O–H groups in total. The molecular formula is C22H21ClN4O4. The molecular weight excluding hydrogens is 420 g/mol. The fraction of sp³-hybridized carbons (Fsp3) is 0.227. The van der Waals surface area contributed by atoms with Crippen LogP contribution in [0.2, 0.25) is 5.02 Å². The van der Waals surface area contributed by atoms with Gasteiger partial charge in [0.15, 0.2) is 0 Å². The zero-order valence-electron chi connectivity index (χ0n) is 16.6. The first-order chi connectivity index (χ1) is 14.9. The Kier molecular flexibility index (Phi) is 5.81. The van der Waals surface area contributed by atoms with Gasteiger partial charge in [-0.25, -0.2) is 4.79 Å². The van der Waals surface area contributed by atoms with E-state index in [1.807, 2.05) is 18.2 Å². The van der Waals surface area contributed by atoms with E-state index in [-0.39, 0.29) is 11.8 Å². The number of hydrogen-bond donors (Lipinski definition) is 3. The van der Waals surface area contributed by atoms with Crippen molar-refractivity contribution in [2.24, 2.45) is 0 Å². The van der Waals surface area contributed by atoms with Crippen molar-refractivity contribution in [3.63, 3.8) is 0 Å². The molecule has 0 aromatic heterocycles. The van der Waals surface area contributed by atoms with Crippen LogP contribution in [0, 0.1) is 0 Å². The Hall–Kier alpha value is -3.52. The number of benzene rings is 2. The highest BCUT2D eigenvalue weighted by atomic mass is 35.5. The average Bonchev–Trinajstić information content (AvgIpc) is 3.21. The molecule has 1 fully saturated rings. The third-order valence-electron chi connectivity index (χ3n) is 5.28. The Morgan fingerprint density at radius 3 is 2.52 bits per heavy atom. The third-order valence-corrected chi connectivity index (χ3v) is 5.60. The molecule has 0 unspecified atom stereocenters. The van der Waals surface area contributed by atoms with E-state index in [0.29, 0.717) is 49.0 Å². The van der Waals surface area contributed by atoms with Crippen molar-refractivity contribution < 1.29 is 19.5 Å². The van der Waals surface area contributed by atoms with E-state index < -0.39 is 11.8 Å². The van der Waals surface area contributed by atoms with E-state index >= 15 is 0 Å². The minimum atomic E-state index is -0.749. The van der Waals surface area contributed by atoms with Crippen LogP contribution in [0.1, 0.15) is 12.0 Å². The largest absolute Gasteiger partial charge is 0.508 e. The lowest BCUT2D eigenvalue weighted by atomic mass is 9.99. The molecule has 160 valence electrons. The number of hydrogen-bond acceptors (Lipinski definition) is 4. The summed E-state index contributed by atoms with van der Waals surface area (Å²) in [5, 5.41) is 15.1. The van der Waals surface area contributed by atoms with E-state index in [1.54, 1.807) is 30.3 Å². The molecule has 2 heterocycles. The number of anilines is 2. The summed E-state index contributed by atoms with van der Waals surface area (Å²) in [6.07, 6.45) is 2.52. The van der Waals surface area contributed by atoms with Gasteiger partial charge in [-0.3, -0.25) is 14.5 Å². The van der Waals surface area contributed by atoms with Crippen LogP contribution in [0.25, 0.3) is 5.57 Å². The van der Waals surface area contributed by atoms with Gasteiger partial charge in [0.05, 0.1) is 10.7 Å². The standard InChI is InChI=1S/C22H21ClN4O4/c23-18-6-3-16(13-19(18)27-12-9-24-22(27)31)25-20(29)21(30)26-10-7-15(8-11-26)14-1-4-17(28)5-2-14/h1-7,13,28H,8-12H2,(H,24,31)(H,25,29). The van der Waals surface area contributed by atoms with E-state index in [2.05, 4.69) is 10.6 Å². The normalized spacial score (nSPS) is 16.0. The van der Waals surface area contributed by atoms with Gasteiger partial charge in [-0.05, 0) is 47.9 Å². The molecule has 4 rings (SSSR count). The summed E-state index contributed by atoms with van der Waals surface area (Å²) in [6.45, 7) is 1.72. The minimum Gasteiger partial charge on any atom is -0.508 e. The molecule has 2 aromatic rings. The van der Waals surface area contributed by atoms with Crippen LogP contribution in [0.4, 0.5) is 16.2 Å². The summed E-state index contributed by atoms with van der Waals surface area (Å²) in [7, 11) is 0. The number of rotatable bonds is 3. The number of halogens is 1. The summed E-state index contributed by atoms with van der Waals surface area (Å²) >= 11 is 6.21. The van der Waals surface area contributed by atoms with E-state index in [4.69, 9.17) is 11.6 Å². The first-order valence-electron chi connectivity index (χ1n) is 9.86. The molecule has 0 atom stereocenters. The van der Waals surface area contributed by atoms with Gasteiger partial charge in [0.2, 0.25) is 0 Å². The van der Waals surface area contributed by atoms with Crippen LogP contribution >= 0.6 is 11.6 Å². The van der Waals surface area contributed by atoms with Crippen LogP contribution in [0.5, 0.6) is 5.75 Å². The minimum absolute atomic E-state index is 0.198. The molecule has 0 radical (unpaired) electrons. The lowest BCUT2D eigenvalue weighted by Crippen LogP contribution is -2.41. The predicted octanol–water partition coefficient (Wildman–Crippen LogP) is 2.83. The predicted molar refractivity (Wildman–Crippen MR) is 118 cm³/mol. The van der Waals surface area contributed by atoms with Gasteiger partial charge >= 0.3 is 17.8 Å². The molecule has 4 amide bonds. The lowest BCUT2D eigenvalue weighted by molar-refractivity contribution is -0.142. The number of aromatic hydroxyl groups is 1. The maximum absolute atomic E-state index is 12.6. The van der Waals surface area contributed by atoms with Gasteiger partial charge in [-0.1, -0.05) is 29.8 Å². The van der Waals surface area contributed by atoms with Gasteiger partial charge < -0.3 is 20.6 Å². The van der Waals surface area contributed by atoms with Crippen molar-refractivity contribution in [3.8, 4) is 5.75 Å².